The molecule has 0 spiro atoms. The van der Waals surface area contributed by atoms with E-state index in [1.807, 2.05) is 6.07 Å². The zero-order valence-electron chi connectivity index (χ0n) is 29.3. The summed E-state index contributed by atoms with van der Waals surface area (Å²) in [4.78, 5) is 70.5. The van der Waals surface area contributed by atoms with E-state index < -0.39 is 60.1 Å². The molecule has 0 unspecified atom stereocenters. The van der Waals surface area contributed by atoms with Gasteiger partial charge >= 0.3 is 12.1 Å². The number of carbonyl (C=O) groups excluding carboxylic acids is 5. The van der Waals surface area contributed by atoms with Crippen molar-refractivity contribution in [1.29, 1.82) is 0 Å². The number of amides is 4. The van der Waals surface area contributed by atoms with Crippen molar-refractivity contribution in [1.82, 2.24) is 20.4 Å². The minimum atomic E-state index is -1.14. The molecular formula is C38H46N4O9. The van der Waals surface area contributed by atoms with E-state index >= 15 is 0 Å². The van der Waals surface area contributed by atoms with Crippen molar-refractivity contribution in [3.05, 3.63) is 95.6 Å². The number of rotatable bonds is 13. The molecule has 0 aromatic heterocycles. The lowest BCUT2D eigenvalue weighted by Gasteiger charge is -2.43. The summed E-state index contributed by atoms with van der Waals surface area (Å²) in [6, 6.07) is 18.2. The Labute approximate surface area is 297 Å². The fourth-order valence-corrected chi connectivity index (χ4v) is 5.73. The molecule has 0 saturated carbocycles. The third-order valence-electron chi connectivity index (χ3n) is 8.19. The molecule has 0 radical (unpaired) electrons. The summed E-state index contributed by atoms with van der Waals surface area (Å²) in [6.07, 6.45) is -0.481. The van der Waals surface area contributed by atoms with Crippen molar-refractivity contribution in [2.75, 3.05) is 26.2 Å². The van der Waals surface area contributed by atoms with E-state index in [4.69, 9.17) is 9.47 Å². The summed E-state index contributed by atoms with van der Waals surface area (Å²) in [5.74, 6) is -2.31. The largest absolute Gasteiger partial charge is 0.508 e. The van der Waals surface area contributed by atoms with E-state index in [0.29, 0.717) is 11.1 Å². The van der Waals surface area contributed by atoms with Crippen LogP contribution in [0.15, 0.2) is 78.9 Å². The second-order valence-corrected chi connectivity index (χ2v) is 13.3. The maximum atomic E-state index is 14.5. The number of hydrogen-bond acceptors (Lipinski definition) is 9. The molecule has 3 atom stereocenters. The Balaban J connectivity index is 1.67. The van der Waals surface area contributed by atoms with Gasteiger partial charge in [0.2, 0.25) is 17.7 Å². The van der Waals surface area contributed by atoms with Gasteiger partial charge in [-0.25, -0.2) is 4.79 Å². The Kier molecular flexibility index (Phi) is 13.0. The van der Waals surface area contributed by atoms with Crippen molar-refractivity contribution >= 4 is 29.8 Å². The van der Waals surface area contributed by atoms with Crippen LogP contribution in [-0.4, -0.2) is 99.8 Å². The Morgan fingerprint density at radius 2 is 1.41 bits per heavy atom. The summed E-state index contributed by atoms with van der Waals surface area (Å²) >= 11 is 0. The highest BCUT2D eigenvalue weighted by Crippen LogP contribution is 2.24. The monoisotopic (exact) mass is 702 g/mol. The van der Waals surface area contributed by atoms with Crippen LogP contribution in [0.25, 0.3) is 0 Å². The van der Waals surface area contributed by atoms with Gasteiger partial charge in [-0.2, -0.15) is 0 Å². The average molecular weight is 703 g/mol. The molecule has 4 amide bonds. The Bertz CT molecular complexity index is 1660. The van der Waals surface area contributed by atoms with Crippen molar-refractivity contribution < 1.29 is 43.7 Å². The maximum absolute atomic E-state index is 14.5. The molecule has 0 bridgehead atoms. The summed E-state index contributed by atoms with van der Waals surface area (Å²) in [5, 5.41) is 25.1. The SMILES string of the molecule is CCOC(=O)CNC(=O)[C@@H](Cc1ccccc1)NC(=O)[C@@H](Cc1ccc(O)cc1)N1CCN(C(=O)OC(C)(C)C)[C@H](Cc2ccc(O)cc2)C1=O. The summed E-state index contributed by atoms with van der Waals surface area (Å²) in [7, 11) is 0. The number of nitrogens with zero attached hydrogens (tertiary/aromatic N) is 2. The van der Waals surface area contributed by atoms with E-state index in [-0.39, 0.29) is 50.5 Å². The molecule has 272 valence electrons. The standard InChI is InChI=1S/C38H46N4O9/c1-5-50-33(45)24-39-34(46)30(21-25-9-7-6-8-10-25)40-35(47)31(22-26-11-15-28(43)16-12-26)41-19-20-42(37(49)51-38(2,3)4)32(36(41)48)23-27-13-17-29(44)18-14-27/h6-18,30-32,43-44H,5,19-24H2,1-4H3,(H,39,46)(H,40,47)/t30-,31-,32-/m1/s1. The van der Waals surface area contributed by atoms with Crippen LogP contribution in [0.1, 0.15) is 44.4 Å². The molecule has 13 nitrogen and oxygen atoms in total. The van der Waals surface area contributed by atoms with Crippen LogP contribution in [-0.2, 0) is 47.9 Å². The third kappa shape index (κ3) is 11.2. The Morgan fingerprint density at radius 3 is 2.00 bits per heavy atom. The second-order valence-electron chi connectivity index (χ2n) is 13.3. The van der Waals surface area contributed by atoms with Gasteiger partial charge < -0.3 is 35.2 Å². The van der Waals surface area contributed by atoms with E-state index in [2.05, 4.69) is 10.6 Å². The first-order chi connectivity index (χ1) is 24.2. The number of ether oxygens (including phenoxy) is 2. The number of esters is 1. The predicted octanol–water partition coefficient (Wildman–Crippen LogP) is 3.11. The van der Waals surface area contributed by atoms with Crippen LogP contribution in [0, 0.1) is 0 Å². The van der Waals surface area contributed by atoms with E-state index in [1.165, 1.54) is 34.1 Å². The Morgan fingerprint density at radius 1 is 0.824 bits per heavy atom. The maximum Gasteiger partial charge on any atom is 0.411 e. The molecule has 1 fully saturated rings. The molecule has 3 aromatic rings. The number of piperazine rings is 1. The molecule has 4 N–H and O–H groups in total. The van der Waals surface area contributed by atoms with Gasteiger partial charge in [0.15, 0.2) is 0 Å². The lowest BCUT2D eigenvalue weighted by Crippen LogP contribution is -2.65. The fraction of sp³-hybridized carbons (Fsp3) is 0.395. The zero-order chi connectivity index (χ0) is 37.1. The van der Waals surface area contributed by atoms with Gasteiger partial charge in [-0.15, -0.1) is 0 Å². The molecule has 0 aliphatic carbocycles. The Hall–Kier alpha value is -5.59. The lowest BCUT2D eigenvalue weighted by atomic mass is 9.97. The second kappa shape index (κ2) is 17.4. The van der Waals surface area contributed by atoms with Crippen molar-refractivity contribution in [3.8, 4) is 11.5 Å². The first-order valence-electron chi connectivity index (χ1n) is 16.9. The van der Waals surface area contributed by atoms with Gasteiger partial charge in [0.05, 0.1) is 6.61 Å². The molecule has 1 saturated heterocycles. The quantitative estimate of drug-likeness (QED) is 0.195. The number of benzene rings is 3. The molecule has 51 heavy (non-hydrogen) atoms. The zero-order valence-corrected chi connectivity index (χ0v) is 29.3. The lowest BCUT2D eigenvalue weighted by molar-refractivity contribution is -0.149. The molecule has 1 heterocycles. The molecule has 4 rings (SSSR count). The van der Waals surface area contributed by atoms with Crippen LogP contribution in [0.4, 0.5) is 4.79 Å². The molecule has 3 aromatic carbocycles. The molecular weight excluding hydrogens is 656 g/mol. The summed E-state index contributed by atoms with van der Waals surface area (Å²) in [6.45, 7) is 6.61. The van der Waals surface area contributed by atoms with Crippen molar-refractivity contribution in [2.45, 2.75) is 70.7 Å². The number of aromatic hydroxyl groups is 2. The van der Waals surface area contributed by atoms with Gasteiger partial charge in [0.1, 0.15) is 41.8 Å². The van der Waals surface area contributed by atoms with Crippen LogP contribution in [0.5, 0.6) is 11.5 Å². The first-order valence-corrected chi connectivity index (χ1v) is 16.9. The smallest absolute Gasteiger partial charge is 0.411 e. The van der Waals surface area contributed by atoms with Crippen LogP contribution in [0.3, 0.4) is 0 Å². The molecule has 1 aliphatic rings. The van der Waals surface area contributed by atoms with Crippen LogP contribution >= 0.6 is 0 Å². The van der Waals surface area contributed by atoms with Crippen LogP contribution in [0.2, 0.25) is 0 Å². The van der Waals surface area contributed by atoms with E-state index in [0.717, 1.165) is 5.56 Å². The van der Waals surface area contributed by atoms with Gasteiger partial charge in [-0.3, -0.25) is 24.1 Å². The topological polar surface area (TPSA) is 175 Å². The minimum absolute atomic E-state index is 0.0151. The molecule has 13 heteroatoms. The average Bonchev–Trinajstić information content (AvgIpc) is 3.08. The molecule has 1 aliphatic heterocycles. The highest BCUT2D eigenvalue weighted by Gasteiger charge is 2.44. The minimum Gasteiger partial charge on any atom is -0.508 e. The highest BCUT2D eigenvalue weighted by atomic mass is 16.6. The van der Waals surface area contributed by atoms with Gasteiger partial charge in [0, 0.05) is 32.4 Å². The normalized spacial score (nSPS) is 15.8. The van der Waals surface area contributed by atoms with E-state index in [9.17, 15) is 34.2 Å². The van der Waals surface area contributed by atoms with Crippen molar-refractivity contribution in [2.24, 2.45) is 0 Å². The number of nitrogens with one attached hydrogen (secondary N) is 2. The van der Waals surface area contributed by atoms with Crippen LogP contribution < -0.4 is 10.6 Å². The summed E-state index contributed by atoms with van der Waals surface area (Å²) in [5.41, 5.74) is 1.22. The number of hydrogen-bond donors (Lipinski definition) is 4. The fourth-order valence-electron chi connectivity index (χ4n) is 5.73. The summed E-state index contributed by atoms with van der Waals surface area (Å²) < 4.78 is 10.6. The van der Waals surface area contributed by atoms with Crippen molar-refractivity contribution in [3.63, 3.8) is 0 Å². The van der Waals surface area contributed by atoms with E-state index in [1.54, 1.807) is 76.2 Å². The first kappa shape index (κ1) is 38.2. The number of phenolic OH excluding ortho intramolecular Hbond substituents is 2. The predicted molar refractivity (Wildman–Crippen MR) is 188 cm³/mol. The number of phenols is 2. The third-order valence-corrected chi connectivity index (χ3v) is 8.19. The van der Waals surface area contributed by atoms with Gasteiger partial charge in [-0.05, 0) is 68.7 Å². The van der Waals surface area contributed by atoms with Gasteiger partial charge in [-0.1, -0.05) is 54.6 Å². The number of carbonyl (C=O) groups is 5. The van der Waals surface area contributed by atoms with Gasteiger partial charge in [0.25, 0.3) is 0 Å². The highest BCUT2D eigenvalue weighted by molar-refractivity contribution is 5.95.